The van der Waals surface area contributed by atoms with Crippen LogP contribution in [0.2, 0.25) is 5.15 Å². The molecule has 1 aromatic carbocycles. The van der Waals surface area contributed by atoms with Gasteiger partial charge >= 0.3 is 6.18 Å². The summed E-state index contributed by atoms with van der Waals surface area (Å²) in [5, 5.41) is 3.88. The summed E-state index contributed by atoms with van der Waals surface area (Å²) in [6, 6.07) is 4.26. The first-order valence-electron chi connectivity index (χ1n) is 11.8. The van der Waals surface area contributed by atoms with Gasteiger partial charge in [-0.15, -0.1) is 11.3 Å². The Balaban J connectivity index is 1.20. The first kappa shape index (κ1) is 26.5. The number of thiazole rings is 1. The molecule has 0 unspecified atom stereocenters. The van der Waals surface area contributed by atoms with Crippen LogP contribution in [0.25, 0.3) is 0 Å². The Kier molecular flexibility index (Phi) is 7.16. The van der Waals surface area contributed by atoms with Gasteiger partial charge in [0, 0.05) is 48.5 Å². The second-order valence-electron chi connectivity index (χ2n) is 9.16. The number of rotatable bonds is 5. The van der Waals surface area contributed by atoms with Gasteiger partial charge in [-0.1, -0.05) is 17.7 Å². The van der Waals surface area contributed by atoms with Crippen LogP contribution < -0.4 is 0 Å². The van der Waals surface area contributed by atoms with Crippen LogP contribution in [0.1, 0.15) is 50.4 Å². The largest absolute Gasteiger partial charge is 0.435 e. The van der Waals surface area contributed by atoms with Crippen molar-refractivity contribution in [3.63, 3.8) is 0 Å². The fraction of sp³-hybridized carbons (Fsp3) is 0.417. The molecule has 0 bridgehead atoms. The summed E-state index contributed by atoms with van der Waals surface area (Å²) < 4.78 is 67.5. The third kappa shape index (κ3) is 5.26. The molecule has 1 fully saturated rings. The third-order valence-electron chi connectivity index (χ3n) is 6.73. The van der Waals surface area contributed by atoms with Crippen LogP contribution in [0.4, 0.5) is 22.0 Å². The molecule has 7 nitrogen and oxygen atoms in total. The van der Waals surface area contributed by atoms with E-state index >= 15 is 0 Å². The number of amides is 2. The predicted octanol–water partition coefficient (Wildman–Crippen LogP) is 4.89. The van der Waals surface area contributed by atoms with Crippen LogP contribution in [-0.4, -0.2) is 56.0 Å². The molecule has 0 saturated carbocycles. The molecule has 38 heavy (non-hydrogen) atoms. The van der Waals surface area contributed by atoms with Crippen molar-refractivity contribution in [1.29, 1.82) is 0 Å². The molecule has 2 amide bonds. The van der Waals surface area contributed by atoms with Crippen LogP contribution in [0.5, 0.6) is 0 Å². The highest BCUT2D eigenvalue weighted by molar-refractivity contribution is 7.12. The van der Waals surface area contributed by atoms with Gasteiger partial charge in [0.25, 0.3) is 5.91 Å². The summed E-state index contributed by atoms with van der Waals surface area (Å²) in [6.45, 7) is 0.462. The Labute approximate surface area is 222 Å². The minimum atomic E-state index is -4.66. The molecule has 2 aromatic heterocycles. The van der Waals surface area contributed by atoms with Crippen LogP contribution in [-0.2, 0) is 30.5 Å². The number of alkyl halides is 3. The molecule has 1 saturated heterocycles. The Hall–Kier alpha value is -3.06. The number of aromatic nitrogens is 3. The molecule has 4 heterocycles. The minimum absolute atomic E-state index is 0.00466. The first-order valence-corrected chi connectivity index (χ1v) is 13.0. The number of benzene rings is 1. The highest BCUT2D eigenvalue weighted by Crippen LogP contribution is 2.35. The van der Waals surface area contributed by atoms with E-state index in [9.17, 15) is 31.5 Å². The molecular formula is C24H21ClF5N5O2S. The Morgan fingerprint density at radius 3 is 2.45 bits per heavy atom. The van der Waals surface area contributed by atoms with E-state index in [0.717, 1.165) is 26.7 Å². The van der Waals surface area contributed by atoms with Crippen molar-refractivity contribution >= 4 is 34.8 Å². The van der Waals surface area contributed by atoms with Crippen molar-refractivity contribution < 1.29 is 31.5 Å². The van der Waals surface area contributed by atoms with E-state index in [1.807, 2.05) is 0 Å². The lowest BCUT2D eigenvalue weighted by molar-refractivity contribution is -0.142. The highest BCUT2D eigenvalue weighted by atomic mass is 35.5. The van der Waals surface area contributed by atoms with Crippen molar-refractivity contribution in [1.82, 2.24) is 24.6 Å². The van der Waals surface area contributed by atoms with Gasteiger partial charge in [-0.3, -0.25) is 9.59 Å². The molecule has 5 rings (SSSR count). The smallest absolute Gasteiger partial charge is 0.341 e. The van der Waals surface area contributed by atoms with Crippen LogP contribution in [0.15, 0.2) is 24.3 Å². The van der Waals surface area contributed by atoms with E-state index < -0.39 is 36.0 Å². The quantitative estimate of drug-likeness (QED) is 0.407. The normalized spacial score (nSPS) is 16.7. The van der Waals surface area contributed by atoms with Gasteiger partial charge in [-0.2, -0.15) is 18.3 Å². The van der Waals surface area contributed by atoms with Gasteiger partial charge in [0.05, 0.1) is 11.6 Å². The van der Waals surface area contributed by atoms with Crippen molar-refractivity contribution in [3.8, 4) is 0 Å². The fourth-order valence-corrected chi connectivity index (χ4v) is 6.06. The molecule has 0 atom stereocenters. The standard InChI is InChI=1S/C24H21ClF5N5O2S/c25-19-10-18(24(28,29)30)32-35(19)12-20(36)33-7-4-13(5-8-33)22-31-21-17(38-22)6-9-34(23(21)37)11-14-15(26)2-1-3-16(14)27/h1-3,10,13H,4-9,11-12H2. The van der Waals surface area contributed by atoms with Crippen LogP contribution >= 0.6 is 22.9 Å². The minimum Gasteiger partial charge on any atom is -0.341 e. The lowest BCUT2D eigenvalue weighted by Crippen LogP contribution is -2.40. The fourth-order valence-electron chi connectivity index (χ4n) is 4.64. The van der Waals surface area contributed by atoms with Gasteiger partial charge in [-0.25, -0.2) is 18.4 Å². The zero-order chi connectivity index (χ0) is 27.2. The molecule has 0 spiro atoms. The van der Waals surface area contributed by atoms with Crippen molar-refractivity contribution in [2.75, 3.05) is 19.6 Å². The molecule has 202 valence electrons. The molecule has 14 heteroatoms. The number of likely N-dealkylation sites (tertiary alicyclic amines) is 1. The van der Waals surface area contributed by atoms with E-state index in [1.165, 1.54) is 22.3 Å². The van der Waals surface area contributed by atoms with Gasteiger partial charge in [0.1, 0.15) is 29.0 Å². The Morgan fingerprint density at radius 1 is 1.13 bits per heavy atom. The molecule has 0 N–H and O–H groups in total. The number of nitrogens with zero attached hydrogens (tertiary/aromatic N) is 5. The summed E-state index contributed by atoms with van der Waals surface area (Å²) in [4.78, 5) is 34.0. The zero-order valence-corrected chi connectivity index (χ0v) is 21.3. The third-order valence-corrected chi connectivity index (χ3v) is 8.31. The lowest BCUT2D eigenvalue weighted by atomic mass is 9.97. The summed E-state index contributed by atoms with van der Waals surface area (Å²) >= 11 is 7.26. The lowest BCUT2D eigenvalue weighted by Gasteiger charge is -2.31. The average Bonchev–Trinajstić information content (AvgIpc) is 3.47. The van der Waals surface area contributed by atoms with E-state index in [4.69, 9.17) is 11.6 Å². The molecule has 0 radical (unpaired) electrons. The van der Waals surface area contributed by atoms with Gasteiger partial charge in [-0.05, 0) is 25.0 Å². The molecule has 2 aliphatic rings. The summed E-state index contributed by atoms with van der Waals surface area (Å²) in [6.07, 6.45) is -3.00. The summed E-state index contributed by atoms with van der Waals surface area (Å²) in [5.74, 6) is -2.19. The zero-order valence-electron chi connectivity index (χ0n) is 19.8. The van der Waals surface area contributed by atoms with E-state index in [0.29, 0.717) is 50.7 Å². The predicted molar refractivity (Wildman–Crippen MR) is 128 cm³/mol. The monoisotopic (exact) mass is 573 g/mol. The first-order chi connectivity index (χ1) is 18.0. The number of carbonyl (C=O) groups is 2. The molecule has 3 aromatic rings. The number of hydrogen-bond donors (Lipinski definition) is 0. The number of halogens is 6. The Morgan fingerprint density at radius 2 is 1.82 bits per heavy atom. The molecule has 0 aliphatic carbocycles. The van der Waals surface area contributed by atoms with Crippen LogP contribution in [0, 0.1) is 11.6 Å². The van der Waals surface area contributed by atoms with Crippen molar-refractivity contribution in [2.45, 2.75) is 44.4 Å². The molecule has 2 aliphatic heterocycles. The summed E-state index contributed by atoms with van der Waals surface area (Å²) in [5.41, 5.74) is -1.03. The highest BCUT2D eigenvalue weighted by Gasteiger charge is 2.36. The second-order valence-corrected chi connectivity index (χ2v) is 10.7. The van der Waals surface area contributed by atoms with Gasteiger partial charge < -0.3 is 9.80 Å². The second kappa shape index (κ2) is 10.3. The SMILES string of the molecule is O=C(Cn1nc(C(F)(F)F)cc1Cl)N1CCC(c2nc3c(s2)CCN(Cc2c(F)cccc2F)C3=O)CC1. The van der Waals surface area contributed by atoms with E-state index in [2.05, 4.69) is 10.1 Å². The average molecular weight is 574 g/mol. The van der Waals surface area contributed by atoms with E-state index in [1.54, 1.807) is 4.90 Å². The topological polar surface area (TPSA) is 71.3 Å². The summed E-state index contributed by atoms with van der Waals surface area (Å²) in [7, 11) is 0. The van der Waals surface area contributed by atoms with Crippen molar-refractivity contribution in [2.24, 2.45) is 0 Å². The van der Waals surface area contributed by atoms with E-state index in [-0.39, 0.29) is 29.1 Å². The maximum Gasteiger partial charge on any atom is 0.435 e. The maximum absolute atomic E-state index is 14.1. The maximum atomic E-state index is 14.1. The van der Waals surface area contributed by atoms with Gasteiger partial charge in [0.2, 0.25) is 5.91 Å². The number of piperidine rings is 1. The van der Waals surface area contributed by atoms with Crippen molar-refractivity contribution in [3.05, 3.63) is 67.9 Å². The Bertz CT molecular complexity index is 1360. The van der Waals surface area contributed by atoms with Crippen LogP contribution in [0.3, 0.4) is 0 Å². The number of carbonyl (C=O) groups excluding carboxylic acids is 2. The number of hydrogen-bond acceptors (Lipinski definition) is 5. The van der Waals surface area contributed by atoms with Gasteiger partial charge in [0.15, 0.2) is 5.69 Å². The molecular weight excluding hydrogens is 553 g/mol. The number of fused-ring (bicyclic) bond motifs is 1.